The SMILES string of the molecule is C=CCn1c(SCc2ccc(F)cc2Cl)nnc1C(C)Oc1cc(C)ccc1Cl. The van der Waals surface area contributed by atoms with Crippen molar-refractivity contribution in [2.24, 2.45) is 0 Å². The maximum atomic E-state index is 13.2. The molecule has 2 aromatic carbocycles. The first-order valence-corrected chi connectivity index (χ1v) is 10.7. The lowest BCUT2D eigenvalue weighted by atomic mass is 10.2. The van der Waals surface area contributed by atoms with Crippen LogP contribution in [-0.2, 0) is 12.3 Å². The number of thioether (sulfide) groups is 1. The number of ether oxygens (including phenoxy) is 1. The van der Waals surface area contributed by atoms with Crippen molar-refractivity contribution in [2.75, 3.05) is 0 Å². The lowest BCUT2D eigenvalue weighted by molar-refractivity contribution is 0.210. The Morgan fingerprint density at radius 3 is 2.72 bits per heavy atom. The molecule has 1 unspecified atom stereocenters. The molecule has 8 heteroatoms. The Labute approximate surface area is 183 Å². The van der Waals surface area contributed by atoms with E-state index in [-0.39, 0.29) is 11.9 Å². The van der Waals surface area contributed by atoms with Crippen LogP contribution in [0.4, 0.5) is 4.39 Å². The highest BCUT2D eigenvalue weighted by molar-refractivity contribution is 7.98. The van der Waals surface area contributed by atoms with Gasteiger partial charge in [-0.25, -0.2) is 4.39 Å². The second-order valence-corrected chi connectivity index (χ2v) is 8.22. The van der Waals surface area contributed by atoms with Crippen LogP contribution in [0, 0.1) is 12.7 Å². The molecular weight excluding hydrogens is 432 g/mol. The topological polar surface area (TPSA) is 39.9 Å². The van der Waals surface area contributed by atoms with E-state index in [1.807, 2.05) is 30.5 Å². The van der Waals surface area contributed by atoms with Gasteiger partial charge < -0.3 is 4.74 Å². The van der Waals surface area contributed by atoms with E-state index in [1.54, 1.807) is 18.2 Å². The monoisotopic (exact) mass is 451 g/mol. The molecule has 1 atom stereocenters. The zero-order chi connectivity index (χ0) is 21.0. The van der Waals surface area contributed by atoms with E-state index < -0.39 is 0 Å². The number of nitrogens with zero attached hydrogens (tertiary/aromatic N) is 3. The van der Waals surface area contributed by atoms with Crippen LogP contribution in [0.3, 0.4) is 0 Å². The molecule has 4 nitrogen and oxygen atoms in total. The standard InChI is InChI=1S/C21H20Cl2FN3OS/c1-4-9-27-20(14(3)28-19-10-13(2)5-8-17(19)22)25-26-21(27)29-12-15-6-7-16(24)11-18(15)23/h4-8,10-11,14H,1,9,12H2,2-3H3. The third-order valence-electron chi connectivity index (χ3n) is 4.18. The summed E-state index contributed by atoms with van der Waals surface area (Å²) in [7, 11) is 0. The molecule has 152 valence electrons. The van der Waals surface area contributed by atoms with Crippen molar-refractivity contribution in [3.63, 3.8) is 0 Å². The molecule has 0 fully saturated rings. The number of hydrogen-bond acceptors (Lipinski definition) is 4. The fourth-order valence-electron chi connectivity index (χ4n) is 2.73. The van der Waals surface area contributed by atoms with Crippen LogP contribution in [-0.4, -0.2) is 14.8 Å². The number of aryl methyl sites for hydroxylation is 1. The lowest BCUT2D eigenvalue weighted by Gasteiger charge is -2.17. The summed E-state index contributed by atoms with van der Waals surface area (Å²) in [5, 5.41) is 10.2. The molecule has 0 spiro atoms. The van der Waals surface area contributed by atoms with Crippen LogP contribution in [0.2, 0.25) is 10.0 Å². The summed E-state index contributed by atoms with van der Waals surface area (Å²) in [4.78, 5) is 0. The third kappa shape index (κ3) is 5.32. The Morgan fingerprint density at radius 2 is 2.00 bits per heavy atom. The van der Waals surface area contributed by atoms with E-state index in [9.17, 15) is 4.39 Å². The first-order valence-electron chi connectivity index (χ1n) is 8.92. The van der Waals surface area contributed by atoms with Gasteiger partial charge in [0.15, 0.2) is 17.1 Å². The van der Waals surface area contributed by atoms with Gasteiger partial charge in [0, 0.05) is 17.3 Å². The lowest BCUT2D eigenvalue weighted by Crippen LogP contribution is -2.12. The highest BCUT2D eigenvalue weighted by Crippen LogP contribution is 2.32. The molecule has 0 aliphatic heterocycles. The summed E-state index contributed by atoms with van der Waals surface area (Å²) in [6.45, 7) is 8.22. The molecular formula is C21H20Cl2FN3OS. The van der Waals surface area contributed by atoms with Crippen LogP contribution in [0.1, 0.15) is 30.0 Å². The third-order valence-corrected chi connectivity index (χ3v) is 5.86. The smallest absolute Gasteiger partial charge is 0.191 e. The molecule has 0 N–H and O–H groups in total. The number of hydrogen-bond donors (Lipinski definition) is 0. The highest BCUT2D eigenvalue weighted by Gasteiger charge is 2.20. The fraction of sp³-hybridized carbons (Fsp3) is 0.238. The van der Waals surface area contributed by atoms with E-state index in [0.717, 1.165) is 11.1 Å². The van der Waals surface area contributed by atoms with E-state index in [1.165, 1.54) is 23.9 Å². The Morgan fingerprint density at radius 1 is 1.21 bits per heavy atom. The molecule has 0 amide bonds. The van der Waals surface area contributed by atoms with E-state index in [0.29, 0.717) is 39.1 Å². The van der Waals surface area contributed by atoms with Crippen LogP contribution in [0.25, 0.3) is 0 Å². The number of aromatic nitrogens is 3. The molecule has 3 rings (SSSR count). The van der Waals surface area contributed by atoms with E-state index in [2.05, 4.69) is 16.8 Å². The number of rotatable bonds is 8. The van der Waals surface area contributed by atoms with Crippen molar-refractivity contribution in [3.05, 3.63) is 81.9 Å². The van der Waals surface area contributed by atoms with Crippen molar-refractivity contribution < 1.29 is 9.13 Å². The zero-order valence-corrected chi connectivity index (χ0v) is 18.4. The van der Waals surface area contributed by atoms with Gasteiger partial charge in [0.1, 0.15) is 11.6 Å². The maximum absolute atomic E-state index is 13.2. The van der Waals surface area contributed by atoms with Gasteiger partial charge in [0.25, 0.3) is 0 Å². The van der Waals surface area contributed by atoms with Crippen LogP contribution in [0.15, 0.2) is 54.2 Å². The number of halogens is 3. The molecule has 0 aliphatic rings. The molecule has 0 bridgehead atoms. The fourth-order valence-corrected chi connectivity index (χ4v) is 4.17. The largest absolute Gasteiger partial charge is 0.481 e. The van der Waals surface area contributed by atoms with Crippen LogP contribution >= 0.6 is 35.0 Å². The van der Waals surface area contributed by atoms with Gasteiger partial charge in [-0.1, -0.05) is 53.2 Å². The normalized spacial score (nSPS) is 12.0. The van der Waals surface area contributed by atoms with E-state index >= 15 is 0 Å². The molecule has 29 heavy (non-hydrogen) atoms. The molecule has 0 saturated heterocycles. The van der Waals surface area contributed by atoms with Gasteiger partial charge in [-0.05, 0) is 49.2 Å². The predicted molar refractivity (Wildman–Crippen MR) is 116 cm³/mol. The molecule has 1 aromatic heterocycles. The Kier molecular flexibility index (Phi) is 7.22. The summed E-state index contributed by atoms with van der Waals surface area (Å²) < 4.78 is 21.2. The molecule has 0 saturated carbocycles. The summed E-state index contributed by atoms with van der Waals surface area (Å²) in [5.41, 5.74) is 1.88. The number of allylic oxidation sites excluding steroid dienone is 1. The second kappa shape index (κ2) is 9.65. The first kappa shape index (κ1) is 21.7. The Balaban J connectivity index is 1.80. The van der Waals surface area contributed by atoms with Crippen molar-refractivity contribution in [1.29, 1.82) is 0 Å². The molecule has 0 aliphatic carbocycles. The van der Waals surface area contributed by atoms with Gasteiger partial charge in [0.2, 0.25) is 0 Å². The summed E-state index contributed by atoms with van der Waals surface area (Å²) in [6, 6.07) is 9.99. The second-order valence-electron chi connectivity index (χ2n) is 6.46. The Hall–Kier alpha value is -2.02. The summed E-state index contributed by atoms with van der Waals surface area (Å²) in [5.74, 6) is 1.43. The highest BCUT2D eigenvalue weighted by atomic mass is 35.5. The van der Waals surface area contributed by atoms with Gasteiger partial charge in [-0.2, -0.15) is 0 Å². The molecule has 3 aromatic rings. The quantitative estimate of drug-likeness (QED) is 0.283. The molecule has 1 heterocycles. The minimum absolute atomic E-state index is 0.360. The summed E-state index contributed by atoms with van der Waals surface area (Å²) >= 11 is 13.8. The van der Waals surface area contributed by atoms with Gasteiger partial charge in [-0.3, -0.25) is 4.57 Å². The van der Waals surface area contributed by atoms with E-state index in [4.69, 9.17) is 27.9 Å². The maximum Gasteiger partial charge on any atom is 0.191 e. The zero-order valence-electron chi connectivity index (χ0n) is 16.0. The van der Waals surface area contributed by atoms with Crippen LogP contribution < -0.4 is 4.74 Å². The van der Waals surface area contributed by atoms with Gasteiger partial charge in [0.05, 0.1) is 5.02 Å². The predicted octanol–water partition coefficient (Wildman–Crippen LogP) is 6.65. The van der Waals surface area contributed by atoms with Gasteiger partial charge in [-0.15, -0.1) is 16.8 Å². The number of benzene rings is 2. The molecule has 0 radical (unpaired) electrons. The summed E-state index contributed by atoms with van der Waals surface area (Å²) in [6.07, 6.45) is 1.40. The van der Waals surface area contributed by atoms with Crippen molar-refractivity contribution in [3.8, 4) is 5.75 Å². The average Bonchev–Trinajstić information content (AvgIpc) is 3.07. The van der Waals surface area contributed by atoms with Gasteiger partial charge >= 0.3 is 0 Å². The average molecular weight is 452 g/mol. The van der Waals surface area contributed by atoms with Crippen molar-refractivity contribution >= 4 is 35.0 Å². The minimum atomic E-state index is -0.370. The first-order chi connectivity index (χ1) is 13.9. The van der Waals surface area contributed by atoms with Crippen molar-refractivity contribution in [2.45, 2.75) is 37.4 Å². The van der Waals surface area contributed by atoms with Crippen molar-refractivity contribution in [1.82, 2.24) is 14.8 Å². The minimum Gasteiger partial charge on any atom is -0.481 e. The Bertz CT molecular complexity index is 1030. The van der Waals surface area contributed by atoms with Crippen LogP contribution in [0.5, 0.6) is 5.75 Å².